The zero-order valence-electron chi connectivity index (χ0n) is 12.1. The molecule has 1 fully saturated rings. The van der Waals surface area contributed by atoms with Crippen LogP contribution in [0.4, 0.5) is 0 Å². The highest BCUT2D eigenvalue weighted by Gasteiger charge is 2.23. The van der Waals surface area contributed by atoms with Crippen LogP contribution in [0.25, 0.3) is 0 Å². The number of imidazole rings is 1. The number of nitrogens with zero attached hydrogens (tertiary/aromatic N) is 2. The van der Waals surface area contributed by atoms with Crippen LogP contribution >= 0.6 is 0 Å². The highest BCUT2D eigenvalue weighted by atomic mass is 15.1. The van der Waals surface area contributed by atoms with Gasteiger partial charge in [0.25, 0.3) is 0 Å². The van der Waals surface area contributed by atoms with E-state index >= 15 is 0 Å². The third kappa shape index (κ3) is 3.14. The molecule has 1 aliphatic carbocycles. The quantitative estimate of drug-likeness (QED) is 0.869. The van der Waals surface area contributed by atoms with E-state index < -0.39 is 0 Å². The van der Waals surface area contributed by atoms with Gasteiger partial charge in [-0.25, -0.2) is 4.98 Å². The molecule has 3 nitrogen and oxygen atoms in total. The predicted molar refractivity (Wildman–Crippen MR) is 75.7 cm³/mol. The van der Waals surface area contributed by atoms with Crippen molar-refractivity contribution >= 4 is 0 Å². The van der Waals surface area contributed by atoms with Gasteiger partial charge in [0.1, 0.15) is 0 Å². The first-order valence-electron chi connectivity index (χ1n) is 7.44. The van der Waals surface area contributed by atoms with Gasteiger partial charge in [0.05, 0.1) is 12.0 Å². The van der Waals surface area contributed by atoms with Gasteiger partial charge in [0.2, 0.25) is 0 Å². The minimum absolute atomic E-state index is 0.614. The lowest BCUT2D eigenvalue weighted by molar-refractivity contribution is 0.249. The average Bonchev–Trinajstić information content (AvgIpc) is 2.71. The number of nitrogens with one attached hydrogen (secondary N) is 1. The summed E-state index contributed by atoms with van der Waals surface area (Å²) in [5.74, 6) is 0.848. The summed E-state index contributed by atoms with van der Waals surface area (Å²) in [5, 5.41) is 3.69. The van der Waals surface area contributed by atoms with Crippen molar-refractivity contribution in [1.82, 2.24) is 14.9 Å². The molecule has 0 bridgehead atoms. The smallest absolute Gasteiger partial charge is 0.0951 e. The van der Waals surface area contributed by atoms with Gasteiger partial charge in [0.15, 0.2) is 0 Å². The fraction of sp³-hybridized carbons (Fsp3) is 0.800. The maximum atomic E-state index is 4.41. The summed E-state index contributed by atoms with van der Waals surface area (Å²) in [6.45, 7) is 8.61. The van der Waals surface area contributed by atoms with Gasteiger partial charge < -0.3 is 9.88 Å². The SMILES string of the molecule is CCNC(Cn1cnc(C)c1C)C1CCCCC1. The summed E-state index contributed by atoms with van der Waals surface area (Å²) < 4.78 is 2.32. The van der Waals surface area contributed by atoms with Crippen molar-refractivity contribution in [2.45, 2.75) is 65.5 Å². The van der Waals surface area contributed by atoms with Crippen molar-refractivity contribution in [3.8, 4) is 0 Å². The number of likely N-dealkylation sites (N-methyl/N-ethyl adjacent to an activating group) is 1. The van der Waals surface area contributed by atoms with Crippen molar-refractivity contribution in [2.75, 3.05) is 6.54 Å². The van der Waals surface area contributed by atoms with Gasteiger partial charge in [0, 0.05) is 18.3 Å². The number of rotatable bonds is 5. The summed E-state index contributed by atoms with van der Waals surface area (Å²) in [6, 6.07) is 0.614. The van der Waals surface area contributed by atoms with Gasteiger partial charge >= 0.3 is 0 Å². The molecule has 1 heterocycles. The van der Waals surface area contributed by atoms with Gasteiger partial charge in [-0.15, -0.1) is 0 Å². The van der Waals surface area contributed by atoms with Crippen LogP contribution in [0.2, 0.25) is 0 Å². The Kier molecular flexibility index (Phi) is 4.81. The first-order valence-corrected chi connectivity index (χ1v) is 7.44. The third-order valence-corrected chi connectivity index (χ3v) is 4.42. The molecular weight excluding hydrogens is 222 g/mol. The minimum atomic E-state index is 0.614. The summed E-state index contributed by atoms with van der Waals surface area (Å²) in [4.78, 5) is 4.41. The Morgan fingerprint density at radius 1 is 1.33 bits per heavy atom. The van der Waals surface area contributed by atoms with Crippen LogP contribution < -0.4 is 5.32 Å². The molecule has 0 amide bonds. The lowest BCUT2D eigenvalue weighted by atomic mass is 9.83. The van der Waals surface area contributed by atoms with E-state index in [1.54, 1.807) is 0 Å². The first kappa shape index (κ1) is 13.6. The largest absolute Gasteiger partial charge is 0.333 e. The molecule has 3 heteroatoms. The number of hydrogen-bond acceptors (Lipinski definition) is 2. The second-order valence-electron chi connectivity index (χ2n) is 5.63. The van der Waals surface area contributed by atoms with E-state index in [0.29, 0.717) is 6.04 Å². The molecule has 1 aliphatic rings. The van der Waals surface area contributed by atoms with E-state index in [1.165, 1.54) is 37.8 Å². The third-order valence-electron chi connectivity index (χ3n) is 4.42. The van der Waals surface area contributed by atoms with E-state index in [2.05, 4.69) is 35.6 Å². The monoisotopic (exact) mass is 249 g/mol. The molecule has 0 aromatic carbocycles. The highest BCUT2D eigenvalue weighted by Crippen LogP contribution is 2.27. The van der Waals surface area contributed by atoms with Gasteiger partial charge in [-0.1, -0.05) is 26.2 Å². The maximum Gasteiger partial charge on any atom is 0.0951 e. The van der Waals surface area contributed by atoms with Gasteiger partial charge in [-0.2, -0.15) is 0 Å². The number of hydrogen-bond donors (Lipinski definition) is 1. The summed E-state index contributed by atoms with van der Waals surface area (Å²) >= 11 is 0. The molecule has 1 atom stereocenters. The van der Waals surface area contributed by atoms with Crippen LogP contribution in [0.3, 0.4) is 0 Å². The van der Waals surface area contributed by atoms with Crippen molar-refractivity contribution in [3.63, 3.8) is 0 Å². The Morgan fingerprint density at radius 2 is 2.06 bits per heavy atom. The summed E-state index contributed by atoms with van der Waals surface area (Å²) in [6.07, 6.45) is 9.04. The van der Waals surface area contributed by atoms with Crippen LogP contribution in [-0.4, -0.2) is 22.1 Å². The maximum absolute atomic E-state index is 4.41. The van der Waals surface area contributed by atoms with Crippen LogP contribution in [0, 0.1) is 19.8 Å². The van der Waals surface area contributed by atoms with Crippen LogP contribution in [0.1, 0.15) is 50.4 Å². The lowest BCUT2D eigenvalue weighted by Crippen LogP contribution is -2.40. The van der Waals surface area contributed by atoms with Gasteiger partial charge in [-0.05, 0) is 39.2 Å². The second kappa shape index (κ2) is 6.37. The molecule has 0 spiro atoms. The van der Waals surface area contributed by atoms with Crippen molar-refractivity contribution in [2.24, 2.45) is 5.92 Å². The predicted octanol–water partition coefficient (Wildman–Crippen LogP) is 3.06. The molecule has 1 aromatic rings. The normalized spacial score (nSPS) is 19.1. The van der Waals surface area contributed by atoms with Crippen LogP contribution in [0.15, 0.2) is 6.33 Å². The van der Waals surface area contributed by atoms with E-state index in [1.807, 2.05) is 6.33 Å². The average molecular weight is 249 g/mol. The molecule has 1 N–H and O–H groups in total. The molecule has 1 aromatic heterocycles. The molecule has 0 saturated heterocycles. The summed E-state index contributed by atoms with van der Waals surface area (Å²) in [7, 11) is 0. The Labute approximate surface area is 111 Å². The Hall–Kier alpha value is -0.830. The Balaban J connectivity index is 2.03. The molecule has 1 unspecified atom stereocenters. The lowest BCUT2D eigenvalue weighted by Gasteiger charge is -2.31. The van der Waals surface area contributed by atoms with E-state index in [9.17, 15) is 0 Å². The van der Waals surface area contributed by atoms with Crippen LogP contribution in [0.5, 0.6) is 0 Å². The zero-order valence-corrected chi connectivity index (χ0v) is 12.1. The van der Waals surface area contributed by atoms with Crippen molar-refractivity contribution in [3.05, 3.63) is 17.7 Å². The van der Waals surface area contributed by atoms with Crippen molar-refractivity contribution in [1.29, 1.82) is 0 Å². The molecule has 0 radical (unpaired) electrons. The van der Waals surface area contributed by atoms with Crippen LogP contribution in [-0.2, 0) is 6.54 Å². The van der Waals surface area contributed by atoms with E-state index in [0.717, 1.165) is 24.7 Å². The Bertz CT molecular complexity index is 364. The fourth-order valence-corrected chi connectivity index (χ4v) is 3.12. The number of aromatic nitrogens is 2. The first-order chi connectivity index (χ1) is 8.72. The topological polar surface area (TPSA) is 29.9 Å². The minimum Gasteiger partial charge on any atom is -0.333 e. The standard InChI is InChI=1S/C15H27N3/c1-4-16-15(14-8-6-5-7-9-14)10-18-11-17-12(2)13(18)3/h11,14-16H,4-10H2,1-3H3. The molecule has 2 rings (SSSR count). The molecule has 0 aliphatic heterocycles. The molecular formula is C15H27N3. The number of aryl methyl sites for hydroxylation is 1. The zero-order chi connectivity index (χ0) is 13.0. The van der Waals surface area contributed by atoms with E-state index in [-0.39, 0.29) is 0 Å². The molecule has 18 heavy (non-hydrogen) atoms. The van der Waals surface area contributed by atoms with Gasteiger partial charge in [-0.3, -0.25) is 0 Å². The fourth-order valence-electron chi connectivity index (χ4n) is 3.12. The second-order valence-corrected chi connectivity index (χ2v) is 5.63. The van der Waals surface area contributed by atoms with Crippen molar-refractivity contribution < 1.29 is 0 Å². The molecule has 102 valence electrons. The Morgan fingerprint density at radius 3 is 2.61 bits per heavy atom. The molecule has 1 saturated carbocycles. The highest BCUT2D eigenvalue weighted by molar-refractivity contribution is 5.08. The summed E-state index contributed by atoms with van der Waals surface area (Å²) in [5.41, 5.74) is 2.47. The van der Waals surface area contributed by atoms with E-state index in [4.69, 9.17) is 0 Å².